The zero-order valence-corrected chi connectivity index (χ0v) is 14.5. The molecule has 1 atom stereocenters. The molecule has 1 fully saturated rings. The van der Waals surface area contributed by atoms with Crippen LogP contribution in [0.1, 0.15) is 17.0 Å². The largest absolute Gasteiger partial charge is 0.380 e. The smallest absolute Gasteiger partial charge is 0.142 e. The van der Waals surface area contributed by atoms with E-state index in [4.69, 9.17) is 16.3 Å². The van der Waals surface area contributed by atoms with Crippen molar-refractivity contribution in [2.24, 2.45) is 5.92 Å². The van der Waals surface area contributed by atoms with Crippen LogP contribution in [-0.4, -0.2) is 41.2 Å². The number of rotatable bonds is 4. The molecule has 128 valence electrons. The van der Waals surface area contributed by atoms with E-state index in [2.05, 4.69) is 14.9 Å². The molecule has 1 saturated heterocycles. The molecule has 0 amide bonds. The summed E-state index contributed by atoms with van der Waals surface area (Å²) in [5.74, 6) is -0.00723. The lowest BCUT2D eigenvalue weighted by molar-refractivity contribution is 0.121. The van der Waals surface area contributed by atoms with Crippen LogP contribution in [0.2, 0.25) is 5.02 Å². The van der Waals surface area contributed by atoms with Gasteiger partial charge in [-0.05, 0) is 37.1 Å². The van der Waals surface area contributed by atoms with Crippen LogP contribution in [0.5, 0.6) is 0 Å². The predicted molar refractivity (Wildman–Crippen MR) is 91.5 cm³/mol. The van der Waals surface area contributed by atoms with Crippen molar-refractivity contribution in [3.63, 3.8) is 0 Å². The molecule has 0 bridgehead atoms. The number of hydrogen-bond acceptors (Lipinski definition) is 4. The maximum absolute atomic E-state index is 13.6. The van der Waals surface area contributed by atoms with Gasteiger partial charge in [-0.3, -0.25) is 4.90 Å². The van der Waals surface area contributed by atoms with Crippen molar-refractivity contribution in [1.29, 1.82) is 0 Å². The highest BCUT2D eigenvalue weighted by atomic mass is 35.5. The Balaban J connectivity index is 1.64. The SMILES string of the molecule is Cc1cc(CC2COCCN(Cc3ccc(Cl)c(F)c3)C2)ncn1. The van der Waals surface area contributed by atoms with Gasteiger partial charge in [0.2, 0.25) is 0 Å². The van der Waals surface area contributed by atoms with Crippen LogP contribution >= 0.6 is 11.6 Å². The minimum atomic E-state index is -0.367. The molecule has 4 nitrogen and oxygen atoms in total. The third-order valence-electron chi connectivity index (χ3n) is 4.17. The Hall–Kier alpha value is -1.56. The zero-order chi connectivity index (χ0) is 16.9. The molecule has 0 saturated carbocycles. The van der Waals surface area contributed by atoms with Gasteiger partial charge in [0.05, 0.1) is 18.2 Å². The highest BCUT2D eigenvalue weighted by molar-refractivity contribution is 6.30. The van der Waals surface area contributed by atoms with E-state index in [0.717, 1.165) is 36.5 Å². The lowest BCUT2D eigenvalue weighted by Crippen LogP contribution is -2.30. The number of halogens is 2. The minimum absolute atomic E-state index is 0.162. The molecule has 24 heavy (non-hydrogen) atoms. The highest BCUT2D eigenvalue weighted by Gasteiger charge is 2.20. The first-order valence-electron chi connectivity index (χ1n) is 8.11. The molecule has 0 radical (unpaired) electrons. The summed E-state index contributed by atoms with van der Waals surface area (Å²) >= 11 is 5.76. The summed E-state index contributed by atoms with van der Waals surface area (Å²) in [7, 11) is 0. The van der Waals surface area contributed by atoms with Gasteiger partial charge >= 0.3 is 0 Å². The van der Waals surface area contributed by atoms with Crippen molar-refractivity contribution in [1.82, 2.24) is 14.9 Å². The molecule has 1 aromatic heterocycles. The number of aryl methyl sites for hydroxylation is 1. The van der Waals surface area contributed by atoms with Gasteiger partial charge in [-0.15, -0.1) is 0 Å². The standard InChI is InChI=1S/C18H21ClFN3O/c1-13-6-16(22-12-21-13)7-15-10-23(4-5-24-11-15)9-14-2-3-17(19)18(20)8-14/h2-3,6,8,12,15H,4-5,7,9-11H2,1H3. The van der Waals surface area contributed by atoms with Gasteiger partial charge in [-0.25, -0.2) is 14.4 Å². The molecule has 3 rings (SSSR count). The number of nitrogens with zero attached hydrogens (tertiary/aromatic N) is 3. The van der Waals surface area contributed by atoms with Crippen molar-refractivity contribution >= 4 is 11.6 Å². The average molecular weight is 350 g/mol. The topological polar surface area (TPSA) is 38.2 Å². The third-order valence-corrected chi connectivity index (χ3v) is 4.48. The average Bonchev–Trinajstić information content (AvgIpc) is 2.76. The van der Waals surface area contributed by atoms with E-state index < -0.39 is 0 Å². The summed E-state index contributed by atoms with van der Waals surface area (Å²) in [4.78, 5) is 10.8. The first-order valence-corrected chi connectivity index (χ1v) is 8.49. The fraction of sp³-hybridized carbons (Fsp3) is 0.444. The van der Waals surface area contributed by atoms with Gasteiger partial charge in [0.15, 0.2) is 0 Å². The molecular weight excluding hydrogens is 329 g/mol. The van der Waals surface area contributed by atoms with Crippen molar-refractivity contribution in [3.8, 4) is 0 Å². The summed E-state index contributed by atoms with van der Waals surface area (Å²) < 4.78 is 19.4. The summed E-state index contributed by atoms with van der Waals surface area (Å²) in [6.45, 7) is 5.80. The van der Waals surface area contributed by atoms with Crippen LogP contribution in [0, 0.1) is 18.7 Å². The molecular formula is C18H21ClFN3O. The molecule has 6 heteroatoms. The number of hydrogen-bond donors (Lipinski definition) is 0. The lowest BCUT2D eigenvalue weighted by Gasteiger charge is -2.23. The van der Waals surface area contributed by atoms with Crippen LogP contribution in [0.25, 0.3) is 0 Å². The summed E-state index contributed by atoms with van der Waals surface area (Å²) in [6, 6.07) is 7.02. The number of ether oxygens (including phenoxy) is 1. The monoisotopic (exact) mass is 349 g/mol. The van der Waals surface area contributed by atoms with E-state index in [1.807, 2.05) is 19.1 Å². The normalized spacial score (nSPS) is 19.2. The molecule has 1 aliphatic heterocycles. The van der Waals surface area contributed by atoms with Gasteiger partial charge in [0.1, 0.15) is 12.1 Å². The fourth-order valence-corrected chi connectivity index (χ4v) is 3.15. The number of aromatic nitrogens is 2. The first-order chi connectivity index (χ1) is 11.6. The molecule has 1 aromatic carbocycles. The Labute approximate surface area is 146 Å². The van der Waals surface area contributed by atoms with Crippen molar-refractivity contribution in [2.45, 2.75) is 19.9 Å². The van der Waals surface area contributed by atoms with Gasteiger partial charge in [-0.2, -0.15) is 0 Å². The Kier molecular flexibility index (Phi) is 5.76. The van der Waals surface area contributed by atoms with Gasteiger partial charge in [0, 0.05) is 36.9 Å². The summed E-state index contributed by atoms with van der Waals surface area (Å²) in [5, 5.41) is 0.162. The highest BCUT2D eigenvalue weighted by Crippen LogP contribution is 2.19. The minimum Gasteiger partial charge on any atom is -0.380 e. The van der Waals surface area contributed by atoms with E-state index in [1.54, 1.807) is 12.4 Å². The lowest BCUT2D eigenvalue weighted by atomic mass is 10.0. The van der Waals surface area contributed by atoms with Crippen LogP contribution in [-0.2, 0) is 17.7 Å². The maximum atomic E-state index is 13.6. The second kappa shape index (κ2) is 8.01. The van der Waals surface area contributed by atoms with E-state index in [0.29, 0.717) is 25.7 Å². The Bertz CT molecular complexity index is 698. The first kappa shape index (κ1) is 17.3. The molecule has 2 heterocycles. The van der Waals surface area contributed by atoms with Gasteiger partial charge in [-0.1, -0.05) is 17.7 Å². The Morgan fingerprint density at radius 1 is 1.33 bits per heavy atom. The third kappa shape index (κ3) is 4.72. The van der Waals surface area contributed by atoms with Crippen LogP contribution in [0.15, 0.2) is 30.6 Å². The van der Waals surface area contributed by atoms with Gasteiger partial charge < -0.3 is 4.74 Å². The Morgan fingerprint density at radius 3 is 3.00 bits per heavy atom. The van der Waals surface area contributed by atoms with E-state index >= 15 is 0 Å². The van der Waals surface area contributed by atoms with Crippen molar-refractivity contribution < 1.29 is 9.13 Å². The molecule has 1 unspecified atom stereocenters. The molecule has 0 N–H and O–H groups in total. The fourth-order valence-electron chi connectivity index (χ4n) is 3.03. The Morgan fingerprint density at radius 2 is 2.21 bits per heavy atom. The maximum Gasteiger partial charge on any atom is 0.142 e. The van der Waals surface area contributed by atoms with E-state index in [9.17, 15) is 4.39 Å². The van der Waals surface area contributed by atoms with Crippen LogP contribution in [0.4, 0.5) is 4.39 Å². The van der Waals surface area contributed by atoms with Crippen molar-refractivity contribution in [3.05, 3.63) is 58.4 Å². The van der Waals surface area contributed by atoms with Gasteiger partial charge in [0.25, 0.3) is 0 Å². The summed E-state index contributed by atoms with van der Waals surface area (Å²) in [5.41, 5.74) is 2.94. The van der Waals surface area contributed by atoms with Crippen LogP contribution in [0.3, 0.4) is 0 Å². The van der Waals surface area contributed by atoms with E-state index in [-0.39, 0.29) is 10.8 Å². The second-order valence-electron chi connectivity index (χ2n) is 6.28. The zero-order valence-electron chi connectivity index (χ0n) is 13.7. The molecule has 0 spiro atoms. The molecule has 1 aliphatic rings. The van der Waals surface area contributed by atoms with Crippen LogP contribution < -0.4 is 0 Å². The quantitative estimate of drug-likeness (QED) is 0.849. The number of benzene rings is 1. The van der Waals surface area contributed by atoms with Crippen molar-refractivity contribution in [2.75, 3.05) is 26.3 Å². The molecule has 2 aromatic rings. The predicted octanol–water partition coefficient (Wildman–Crippen LogP) is 3.27. The van der Waals surface area contributed by atoms with E-state index in [1.165, 1.54) is 6.07 Å². The molecule has 0 aliphatic carbocycles. The second-order valence-corrected chi connectivity index (χ2v) is 6.69. The summed E-state index contributed by atoms with van der Waals surface area (Å²) in [6.07, 6.45) is 2.46.